The Morgan fingerprint density at radius 3 is 2.71 bits per heavy atom. The Hall–Kier alpha value is -1.84. The number of carbonyl (C=O) groups excluding carboxylic acids is 2. The second kappa shape index (κ2) is 7.81. The summed E-state index contributed by atoms with van der Waals surface area (Å²) in [6.45, 7) is 2.86. The van der Waals surface area contributed by atoms with E-state index in [1.165, 1.54) is 0 Å². The van der Waals surface area contributed by atoms with Crippen LogP contribution in [0, 0.1) is 0 Å². The fourth-order valence-corrected chi connectivity index (χ4v) is 2.70. The Morgan fingerprint density at radius 2 is 2.00 bits per heavy atom. The van der Waals surface area contributed by atoms with Crippen molar-refractivity contribution in [3.05, 3.63) is 35.9 Å². The predicted molar refractivity (Wildman–Crippen MR) is 80.9 cm³/mol. The van der Waals surface area contributed by atoms with E-state index in [9.17, 15) is 9.59 Å². The van der Waals surface area contributed by atoms with Gasteiger partial charge in [-0.1, -0.05) is 37.3 Å². The zero-order chi connectivity index (χ0) is 15.1. The van der Waals surface area contributed by atoms with Crippen LogP contribution in [0.5, 0.6) is 0 Å². The quantitative estimate of drug-likeness (QED) is 0.833. The lowest BCUT2D eigenvalue weighted by Crippen LogP contribution is -2.48. The van der Waals surface area contributed by atoms with Gasteiger partial charge in [-0.25, -0.2) is 4.79 Å². The number of nitrogens with zero attached hydrogens (tertiary/aromatic N) is 1. The lowest BCUT2D eigenvalue weighted by Gasteiger charge is -2.33. The second-order valence-electron chi connectivity index (χ2n) is 5.46. The number of piperidine rings is 1. The van der Waals surface area contributed by atoms with Gasteiger partial charge in [0.15, 0.2) is 5.78 Å². The fraction of sp³-hybridized carbons (Fsp3) is 0.529. The minimum atomic E-state index is -0.368. The third-order valence-electron chi connectivity index (χ3n) is 3.81. The summed E-state index contributed by atoms with van der Waals surface area (Å²) in [6.07, 6.45) is 3.70. The number of hydrogen-bond donors (Lipinski definition) is 0. The van der Waals surface area contributed by atoms with Crippen LogP contribution in [0.2, 0.25) is 0 Å². The monoisotopic (exact) mass is 289 g/mol. The summed E-state index contributed by atoms with van der Waals surface area (Å²) in [4.78, 5) is 26.0. The molecule has 114 valence electrons. The summed E-state index contributed by atoms with van der Waals surface area (Å²) in [6, 6.07) is 9.30. The van der Waals surface area contributed by atoms with Crippen LogP contribution in [0.1, 0.15) is 44.6 Å². The molecule has 21 heavy (non-hydrogen) atoms. The molecule has 1 fully saturated rings. The molecule has 1 aliphatic rings. The maximum Gasteiger partial charge on any atom is 0.410 e. The van der Waals surface area contributed by atoms with Gasteiger partial charge in [0, 0.05) is 13.0 Å². The van der Waals surface area contributed by atoms with Gasteiger partial charge in [0.25, 0.3) is 0 Å². The lowest BCUT2D eigenvalue weighted by atomic mass is 9.97. The van der Waals surface area contributed by atoms with Crippen molar-refractivity contribution in [2.24, 2.45) is 0 Å². The van der Waals surface area contributed by atoms with E-state index in [1.54, 1.807) is 4.90 Å². The van der Waals surface area contributed by atoms with Crippen LogP contribution in [0.25, 0.3) is 0 Å². The molecule has 1 saturated heterocycles. The Bertz CT molecular complexity index is 472. The van der Waals surface area contributed by atoms with Crippen molar-refractivity contribution >= 4 is 11.9 Å². The van der Waals surface area contributed by atoms with Crippen molar-refractivity contribution in [1.82, 2.24) is 4.90 Å². The van der Waals surface area contributed by atoms with E-state index in [0.29, 0.717) is 13.0 Å². The van der Waals surface area contributed by atoms with Gasteiger partial charge in [-0.2, -0.15) is 0 Å². The van der Waals surface area contributed by atoms with Crippen LogP contribution in [-0.2, 0) is 16.1 Å². The van der Waals surface area contributed by atoms with Crippen molar-refractivity contribution in [3.8, 4) is 0 Å². The largest absolute Gasteiger partial charge is 0.445 e. The van der Waals surface area contributed by atoms with Crippen LogP contribution < -0.4 is 0 Å². The zero-order valence-electron chi connectivity index (χ0n) is 12.6. The molecule has 0 bridgehead atoms. The maximum atomic E-state index is 12.2. The molecule has 1 amide bonds. The third-order valence-corrected chi connectivity index (χ3v) is 3.81. The number of carbonyl (C=O) groups is 2. The van der Waals surface area contributed by atoms with Crippen LogP contribution >= 0.6 is 0 Å². The first-order chi connectivity index (χ1) is 10.2. The Labute approximate surface area is 126 Å². The highest BCUT2D eigenvalue weighted by molar-refractivity contribution is 5.87. The van der Waals surface area contributed by atoms with Crippen molar-refractivity contribution in [2.75, 3.05) is 6.54 Å². The Balaban J connectivity index is 1.93. The SMILES string of the molecule is CCCC(=O)C1CCCCN1C(=O)OCc1ccccc1. The first-order valence-electron chi connectivity index (χ1n) is 7.72. The summed E-state index contributed by atoms with van der Waals surface area (Å²) in [5, 5.41) is 0. The standard InChI is InChI=1S/C17H23NO3/c1-2-8-16(19)15-11-6-7-12-18(15)17(20)21-13-14-9-4-3-5-10-14/h3-5,9-10,15H,2,6-8,11-13H2,1H3. The van der Waals surface area contributed by atoms with Crippen molar-refractivity contribution in [3.63, 3.8) is 0 Å². The fourth-order valence-electron chi connectivity index (χ4n) is 2.70. The maximum absolute atomic E-state index is 12.2. The summed E-state index contributed by atoms with van der Waals surface area (Å²) in [5.41, 5.74) is 0.958. The number of likely N-dealkylation sites (tertiary alicyclic amines) is 1. The molecule has 2 rings (SSSR count). The van der Waals surface area contributed by atoms with Crippen molar-refractivity contribution in [2.45, 2.75) is 51.7 Å². The van der Waals surface area contributed by atoms with Crippen LogP contribution in [-0.4, -0.2) is 29.4 Å². The minimum absolute atomic E-state index is 0.161. The van der Waals surface area contributed by atoms with E-state index in [2.05, 4.69) is 0 Å². The zero-order valence-corrected chi connectivity index (χ0v) is 12.6. The average molecular weight is 289 g/mol. The van der Waals surface area contributed by atoms with E-state index in [-0.39, 0.29) is 24.5 Å². The number of amides is 1. The average Bonchev–Trinajstić information content (AvgIpc) is 2.54. The highest BCUT2D eigenvalue weighted by Gasteiger charge is 2.32. The van der Waals surface area contributed by atoms with E-state index >= 15 is 0 Å². The highest BCUT2D eigenvalue weighted by atomic mass is 16.6. The molecule has 0 radical (unpaired) electrons. The molecule has 1 aliphatic heterocycles. The third kappa shape index (κ3) is 4.31. The highest BCUT2D eigenvalue weighted by Crippen LogP contribution is 2.20. The topological polar surface area (TPSA) is 46.6 Å². The molecule has 1 heterocycles. The number of ether oxygens (including phenoxy) is 1. The second-order valence-corrected chi connectivity index (χ2v) is 5.46. The molecule has 1 aromatic rings. The van der Waals surface area contributed by atoms with Crippen molar-refractivity contribution < 1.29 is 14.3 Å². The smallest absolute Gasteiger partial charge is 0.410 e. The molecule has 4 heteroatoms. The van der Waals surface area contributed by atoms with Crippen LogP contribution in [0.4, 0.5) is 4.79 Å². The number of Topliss-reactive ketones (excluding diaryl/α,β-unsaturated/α-hetero) is 1. The first kappa shape index (κ1) is 15.5. The van der Waals surface area contributed by atoms with E-state index in [4.69, 9.17) is 4.74 Å². The Morgan fingerprint density at radius 1 is 1.24 bits per heavy atom. The molecule has 0 saturated carbocycles. The molecule has 0 N–H and O–H groups in total. The van der Waals surface area contributed by atoms with E-state index in [1.807, 2.05) is 37.3 Å². The van der Waals surface area contributed by atoms with Gasteiger partial charge in [0.05, 0.1) is 6.04 Å². The van der Waals surface area contributed by atoms with Crippen LogP contribution in [0.3, 0.4) is 0 Å². The molecule has 1 unspecified atom stereocenters. The molecule has 0 spiro atoms. The van der Waals surface area contributed by atoms with Crippen LogP contribution in [0.15, 0.2) is 30.3 Å². The number of hydrogen-bond acceptors (Lipinski definition) is 3. The Kier molecular flexibility index (Phi) is 5.78. The summed E-state index contributed by atoms with van der Waals surface area (Å²) < 4.78 is 5.36. The lowest BCUT2D eigenvalue weighted by molar-refractivity contribution is -0.125. The van der Waals surface area contributed by atoms with Gasteiger partial charge < -0.3 is 4.74 Å². The van der Waals surface area contributed by atoms with Gasteiger partial charge >= 0.3 is 6.09 Å². The summed E-state index contributed by atoms with van der Waals surface area (Å²) >= 11 is 0. The number of benzene rings is 1. The van der Waals surface area contributed by atoms with Gasteiger partial charge in [0.2, 0.25) is 0 Å². The molecule has 0 aromatic heterocycles. The molecular formula is C17H23NO3. The van der Waals surface area contributed by atoms with Gasteiger partial charge in [-0.15, -0.1) is 0 Å². The van der Waals surface area contributed by atoms with Crippen molar-refractivity contribution in [1.29, 1.82) is 0 Å². The van der Waals surface area contributed by atoms with Gasteiger partial charge in [-0.05, 0) is 31.2 Å². The number of ketones is 1. The van der Waals surface area contributed by atoms with E-state index in [0.717, 1.165) is 31.2 Å². The minimum Gasteiger partial charge on any atom is -0.445 e. The molecule has 1 aromatic carbocycles. The van der Waals surface area contributed by atoms with Gasteiger partial charge in [0.1, 0.15) is 6.61 Å². The summed E-state index contributed by atoms with van der Waals surface area (Å²) in [5.74, 6) is 0.161. The number of rotatable bonds is 5. The molecule has 1 atom stereocenters. The first-order valence-corrected chi connectivity index (χ1v) is 7.72. The normalized spacial score (nSPS) is 18.3. The van der Waals surface area contributed by atoms with E-state index < -0.39 is 0 Å². The predicted octanol–water partition coefficient (Wildman–Crippen LogP) is 3.55. The van der Waals surface area contributed by atoms with Gasteiger partial charge in [-0.3, -0.25) is 9.69 Å². The molecule has 0 aliphatic carbocycles. The summed E-state index contributed by atoms with van der Waals surface area (Å²) in [7, 11) is 0. The molecule has 4 nitrogen and oxygen atoms in total. The molecular weight excluding hydrogens is 266 g/mol.